The van der Waals surface area contributed by atoms with Crippen LogP contribution in [0.2, 0.25) is 0 Å². The molecule has 2 amide bonds. The van der Waals surface area contributed by atoms with Gasteiger partial charge in [-0.15, -0.1) is 0 Å². The number of hydrogen-bond acceptors (Lipinski definition) is 5. The summed E-state index contributed by atoms with van der Waals surface area (Å²) in [6.07, 6.45) is 0. The fourth-order valence-corrected chi connectivity index (χ4v) is 3.18. The molecular formula is C20H30N4O3. The van der Waals surface area contributed by atoms with Crippen LogP contribution in [-0.2, 0) is 9.59 Å². The van der Waals surface area contributed by atoms with E-state index in [0.717, 1.165) is 26.2 Å². The van der Waals surface area contributed by atoms with Crippen LogP contribution in [0.1, 0.15) is 38.1 Å². The van der Waals surface area contributed by atoms with E-state index in [1.807, 2.05) is 20.8 Å². The molecule has 0 bridgehead atoms. The number of nitrogens with zero attached hydrogens (tertiary/aromatic N) is 2. The second kappa shape index (κ2) is 9.62. The lowest BCUT2D eigenvalue weighted by molar-refractivity contribution is -0.125. The molecule has 0 aromatic heterocycles. The summed E-state index contributed by atoms with van der Waals surface area (Å²) in [5, 5.41) is 5.77. The Morgan fingerprint density at radius 1 is 1.04 bits per heavy atom. The lowest BCUT2D eigenvalue weighted by atomic mass is 10.1. The van der Waals surface area contributed by atoms with Crippen molar-refractivity contribution in [1.82, 2.24) is 15.1 Å². The number of carbonyl (C=O) groups is 3. The van der Waals surface area contributed by atoms with Gasteiger partial charge in [-0.25, -0.2) is 0 Å². The van der Waals surface area contributed by atoms with Gasteiger partial charge in [0, 0.05) is 37.8 Å². The minimum atomic E-state index is -0.309. The first-order chi connectivity index (χ1) is 12.8. The molecular weight excluding hydrogens is 344 g/mol. The minimum Gasteiger partial charge on any atom is -0.353 e. The normalized spacial score (nSPS) is 16.8. The van der Waals surface area contributed by atoms with Crippen LogP contribution in [0.15, 0.2) is 24.3 Å². The number of Topliss-reactive ketones (excluding diaryl/α,β-unsaturated/α-hetero) is 1. The van der Waals surface area contributed by atoms with E-state index in [2.05, 4.69) is 20.4 Å². The highest BCUT2D eigenvalue weighted by molar-refractivity contribution is 6.04. The number of piperazine rings is 1. The maximum absolute atomic E-state index is 12.6. The van der Waals surface area contributed by atoms with E-state index in [9.17, 15) is 14.4 Å². The molecule has 27 heavy (non-hydrogen) atoms. The number of carbonyl (C=O) groups excluding carboxylic acids is 3. The number of ketones is 1. The number of nitrogens with one attached hydrogen (secondary N) is 2. The predicted octanol–water partition coefficient (Wildman–Crippen LogP) is 1.36. The van der Waals surface area contributed by atoms with Gasteiger partial charge in [-0.05, 0) is 39.8 Å². The third kappa shape index (κ3) is 6.15. The van der Waals surface area contributed by atoms with Crippen LogP contribution >= 0.6 is 0 Å². The summed E-state index contributed by atoms with van der Waals surface area (Å²) in [6, 6.07) is 6.87. The van der Waals surface area contributed by atoms with Crippen LogP contribution < -0.4 is 10.6 Å². The van der Waals surface area contributed by atoms with E-state index in [4.69, 9.17) is 0 Å². The SMILES string of the molecule is CC(=O)c1ccccc1NC(=O)C(C)N1CCN(CC(=O)NC(C)C)CC1. The zero-order valence-corrected chi connectivity index (χ0v) is 16.6. The highest BCUT2D eigenvalue weighted by atomic mass is 16.2. The third-order valence-electron chi connectivity index (χ3n) is 4.72. The maximum Gasteiger partial charge on any atom is 0.241 e. The standard InChI is InChI=1S/C20H30N4O3/c1-14(2)21-19(26)13-23-9-11-24(12-10-23)15(3)20(27)22-18-8-6-5-7-17(18)16(4)25/h5-8,14-15H,9-13H2,1-4H3,(H,21,26)(H,22,27). The average molecular weight is 374 g/mol. The Bertz CT molecular complexity index is 682. The van der Waals surface area contributed by atoms with Crippen molar-refractivity contribution in [2.24, 2.45) is 0 Å². The molecule has 0 spiro atoms. The number of hydrogen-bond donors (Lipinski definition) is 2. The van der Waals surface area contributed by atoms with Crippen molar-refractivity contribution in [1.29, 1.82) is 0 Å². The van der Waals surface area contributed by atoms with Gasteiger partial charge < -0.3 is 10.6 Å². The van der Waals surface area contributed by atoms with Crippen LogP contribution in [-0.4, -0.2) is 72.2 Å². The number of anilines is 1. The molecule has 0 radical (unpaired) electrons. The Morgan fingerprint density at radius 2 is 1.67 bits per heavy atom. The molecule has 7 heteroatoms. The molecule has 0 saturated carbocycles. The summed E-state index contributed by atoms with van der Waals surface area (Å²) in [5.74, 6) is -0.174. The lowest BCUT2D eigenvalue weighted by Crippen LogP contribution is -2.54. The van der Waals surface area contributed by atoms with Crippen LogP contribution in [0.3, 0.4) is 0 Å². The van der Waals surface area contributed by atoms with E-state index in [1.165, 1.54) is 6.92 Å². The van der Waals surface area contributed by atoms with E-state index in [1.54, 1.807) is 24.3 Å². The van der Waals surface area contributed by atoms with Crippen LogP contribution in [0.5, 0.6) is 0 Å². The van der Waals surface area contributed by atoms with E-state index >= 15 is 0 Å². The Balaban J connectivity index is 1.86. The Hall–Kier alpha value is -2.25. The van der Waals surface area contributed by atoms with Crippen LogP contribution in [0.25, 0.3) is 0 Å². The minimum absolute atomic E-state index is 0.0325. The zero-order valence-electron chi connectivity index (χ0n) is 16.6. The van der Waals surface area contributed by atoms with Gasteiger partial charge in [0.25, 0.3) is 0 Å². The smallest absolute Gasteiger partial charge is 0.241 e. The van der Waals surface area contributed by atoms with Gasteiger partial charge in [0.15, 0.2) is 5.78 Å². The van der Waals surface area contributed by atoms with E-state index < -0.39 is 0 Å². The number of amides is 2. The fourth-order valence-electron chi connectivity index (χ4n) is 3.18. The highest BCUT2D eigenvalue weighted by Crippen LogP contribution is 2.17. The van der Waals surface area contributed by atoms with Crippen molar-refractivity contribution < 1.29 is 14.4 Å². The summed E-state index contributed by atoms with van der Waals surface area (Å²) in [7, 11) is 0. The summed E-state index contributed by atoms with van der Waals surface area (Å²) in [4.78, 5) is 40.4. The van der Waals surface area contributed by atoms with Gasteiger partial charge in [-0.3, -0.25) is 24.2 Å². The lowest BCUT2D eigenvalue weighted by Gasteiger charge is -2.37. The van der Waals surface area contributed by atoms with Gasteiger partial charge in [-0.1, -0.05) is 12.1 Å². The molecule has 1 aliphatic heterocycles. The van der Waals surface area contributed by atoms with Crippen molar-refractivity contribution in [2.45, 2.75) is 39.8 Å². The predicted molar refractivity (Wildman–Crippen MR) is 106 cm³/mol. The Kier molecular flexibility index (Phi) is 7.50. The van der Waals surface area contributed by atoms with Crippen LogP contribution in [0, 0.1) is 0 Å². The van der Waals surface area contributed by atoms with Gasteiger partial charge in [0.2, 0.25) is 11.8 Å². The molecule has 1 atom stereocenters. The number of rotatable bonds is 7. The molecule has 1 heterocycles. The highest BCUT2D eigenvalue weighted by Gasteiger charge is 2.26. The zero-order chi connectivity index (χ0) is 20.0. The van der Waals surface area contributed by atoms with Crippen molar-refractivity contribution >= 4 is 23.3 Å². The van der Waals surface area contributed by atoms with Gasteiger partial charge in [0.05, 0.1) is 18.3 Å². The Morgan fingerprint density at radius 3 is 2.26 bits per heavy atom. The van der Waals surface area contributed by atoms with Gasteiger partial charge in [-0.2, -0.15) is 0 Å². The largest absolute Gasteiger partial charge is 0.353 e. The molecule has 1 aliphatic rings. The first kappa shape index (κ1) is 21.1. The average Bonchev–Trinajstić information content (AvgIpc) is 2.61. The van der Waals surface area contributed by atoms with E-state index in [0.29, 0.717) is 17.8 Å². The quantitative estimate of drug-likeness (QED) is 0.705. The van der Waals surface area contributed by atoms with Crippen molar-refractivity contribution in [3.63, 3.8) is 0 Å². The first-order valence-electron chi connectivity index (χ1n) is 9.44. The number of benzene rings is 1. The summed E-state index contributed by atoms with van der Waals surface area (Å²) < 4.78 is 0. The molecule has 2 rings (SSSR count). The third-order valence-corrected chi connectivity index (χ3v) is 4.72. The number of para-hydroxylation sites is 1. The van der Waals surface area contributed by atoms with Gasteiger partial charge >= 0.3 is 0 Å². The molecule has 0 aliphatic carbocycles. The second-order valence-corrected chi connectivity index (χ2v) is 7.30. The second-order valence-electron chi connectivity index (χ2n) is 7.30. The molecule has 1 aromatic carbocycles. The summed E-state index contributed by atoms with van der Waals surface area (Å²) in [5.41, 5.74) is 1.06. The summed E-state index contributed by atoms with van der Waals surface area (Å²) in [6.45, 7) is 10.6. The Labute approximate surface area is 161 Å². The molecule has 2 N–H and O–H groups in total. The molecule has 1 fully saturated rings. The van der Waals surface area contributed by atoms with Crippen molar-refractivity contribution in [2.75, 3.05) is 38.0 Å². The van der Waals surface area contributed by atoms with E-state index in [-0.39, 0.29) is 29.7 Å². The van der Waals surface area contributed by atoms with Crippen molar-refractivity contribution in [3.8, 4) is 0 Å². The maximum atomic E-state index is 12.6. The van der Waals surface area contributed by atoms with Crippen molar-refractivity contribution in [3.05, 3.63) is 29.8 Å². The monoisotopic (exact) mass is 374 g/mol. The van der Waals surface area contributed by atoms with Gasteiger partial charge in [0.1, 0.15) is 0 Å². The molecule has 1 unspecified atom stereocenters. The molecule has 1 saturated heterocycles. The topological polar surface area (TPSA) is 81.8 Å². The molecule has 148 valence electrons. The molecule has 7 nitrogen and oxygen atoms in total. The summed E-state index contributed by atoms with van der Waals surface area (Å²) >= 11 is 0. The first-order valence-corrected chi connectivity index (χ1v) is 9.44. The van der Waals surface area contributed by atoms with Crippen LogP contribution in [0.4, 0.5) is 5.69 Å². The fraction of sp³-hybridized carbons (Fsp3) is 0.550. The molecule has 1 aromatic rings.